The molecule has 4 nitrogen and oxygen atoms in total. The van der Waals surface area contributed by atoms with E-state index in [1.807, 2.05) is 36.9 Å². The highest BCUT2D eigenvalue weighted by atomic mass is 16.3. The van der Waals surface area contributed by atoms with E-state index in [9.17, 15) is 5.11 Å². The van der Waals surface area contributed by atoms with E-state index < -0.39 is 6.10 Å². The van der Waals surface area contributed by atoms with E-state index in [2.05, 4.69) is 23.9 Å². The van der Waals surface area contributed by atoms with Gasteiger partial charge in [-0.05, 0) is 43.9 Å². The topological polar surface area (TPSA) is 50.9 Å². The lowest BCUT2D eigenvalue weighted by Crippen LogP contribution is -2.10. The lowest BCUT2D eigenvalue weighted by Gasteiger charge is -2.13. The molecule has 1 atom stereocenters. The zero-order valence-corrected chi connectivity index (χ0v) is 13.4. The van der Waals surface area contributed by atoms with Crippen LogP contribution in [0.4, 0.5) is 0 Å². The van der Waals surface area contributed by atoms with Crippen LogP contribution in [0.3, 0.4) is 0 Å². The van der Waals surface area contributed by atoms with E-state index in [4.69, 9.17) is 0 Å². The molecule has 2 heterocycles. The minimum absolute atomic E-state index is 0.440. The summed E-state index contributed by atoms with van der Waals surface area (Å²) in [6.45, 7) is 8.34. The largest absolute Gasteiger partial charge is 0.386 e. The van der Waals surface area contributed by atoms with Crippen LogP contribution in [0.1, 0.15) is 61.3 Å². The Morgan fingerprint density at radius 1 is 1.24 bits per heavy atom. The molecule has 114 valence electrons. The zero-order valence-electron chi connectivity index (χ0n) is 13.4. The van der Waals surface area contributed by atoms with Gasteiger partial charge in [-0.15, -0.1) is 0 Å². The molecule has 1 N–H and O–H groups in total. The van der Waals surface area contributed by atoms with E-state index in [1.165, 1.54) is 0 Å². The molecule has 0 aliphatic carbocycles. The van der Waals surface area contributed by atoms with Crippen molar-refractivity contribution in [3.63, 3.8) is 0 Å². The van der Waals surface area contributed by atoms with Gasteiger partial charge in [0, 0.05) is 18.8 Å². The van der Waals surface area contributed by atoms with Crippen molar-refractivity contribution in [2.45, 2.75) is 59.1 Å². The van der Waals surface area contributed by atoms with Crippen molar-refractivity contribution < 1.29 is 5.11 Å². The van der Waals surface area contributed by atoms with Gasteiger partial charge < -0.3 is 5.11 Å². The Bertz CT molecular complexity index is 587. The van der Waals surface area contributed by atoms with Crippen molar-refractivity contribution in [2.75, 3.05) is 0 Å². The molecule has 0 spiro atoms. The number of aliphatic hydroxyl groups is 1. The molecule has 0 fully saturated rings. The Morgan fingerprint density at radius 3 is 2.57 bits per heavy atom. The number of aliphatic hydroxyl groups excluding tert-OH is 1. The van der Waals surface area contributed by atoms with Crippen molar-refractivity contribution in [1.82, 2.24) is 14.8 Å². The van der Waals surface area contributed by atoms with Gasteiger partial charge in [0.25, 0.3) is 0 Å². The molecule has 0 saturated heterocycles. The number of aromatic nitrogens is 3. The van der Waals surface area contributed by atoms with Gasteiger partial charge >= 0.3 is 0 Å². The second-order valence-corrected chi connectivity index (χ2v) is 5.69. The minimum Gasteiger partial charge on any atom is -0.386 e. The maximum absolute atomic E-state index is 10.4. The van der Waals surface area contributed by atoms with E-state index >= 15 is 0 Å². The smallest absolute Gasteiger partial charge is 0.102 e. The molecule has 1 unspecified atom stereocenters. The summed E-state index contributed by atoms with van der Waals surface area (Å²) < 4.78 is 2.01. The summed E-state index contributed by atoms with van der Waals surface area (Å²) >= 11 is 0. The Balaban J connectivity index is 2.11. The Morgan fingerprint density at radius 2 is 1.95 bits per heavy atom. The van der Waals surface area contributed by atoms with Crippen molar-refractivity contribution >= 4 is 0 Å². The molecular formula is C17H25N3O. The molecule has 21 heavy (non-hydrogen) atoms. The minimum atomic E-state index is -0.601. The molecule has 0 radical (unpaired) electrons. The van der Waals surface area contributed by atoms with Gasteiger partial charge in [0.1, 0.15) is 6.10 Å². The molecule has 0 bridgehead atoms. The fourth-order valence-corrected chi connectivity index (χ4v) is 2.72. The van der Waals surface area contributed by atoms with Gasteiger partial charge in [-0.25, -0.2) is 0 Å². The summed E-state index contributed by atoms with van der Waals surface area (Å²) in [6.07, 6.45) is 5.85. The number of nitrogens with zero attached hydrogens (tertiary/aromatic N) is 3. The highest BCUT2D eigenvalue weighted by Crippen LogP contribution is 2.21. The third kappa shape index (κ3) is 3.70. The van der Waals surface area contributed by atoms with Crippen LogP contribution in [-0.4, -0.2) is 19.9 Å². The molecule has 0 aliphatic heterocycles. The van der Waals surface area contributed by atoms with Crippen molar-refractivity contribution in [2.24, 2.45) is 0 Å². The molecule has 0 amide bonds. The average Bonchev–Trinajstić information content (AvgIpc) is 2.88. The van der Waals surface area contributed by atoms with Gasteiger partial charge in [-0.1, -0.05) is 19.9 Å². The van der Waals surface area contributed by atoms with Crippen LogP contribution < -0.4 is 0 Å². The predicted octanol–water partition coefficient (Wildman–Crippen LogP) is 3.53. The summed E-state index contributed by atoms with van der Waals surface area (Å²) in [4.78, 5) is 4.36. The van der Waals surface area contributed by atoms with Crippen LogP contribution in [0.25, 0.3) is 0 Å². The quantitative estimate of drug-likeness (QED) is 0.884. The van der Waals surface area contributed by atoms with Crippen LogP contribution in [0, 0.1) is 13.8 Å². The number of pyridine rings is 1. The first-order valence-electron chi connectivity index (χ1n) is 7.70. The predicted molar refractivity (Wildman–Crippen MR) is 84.2 cm³/mol. The van der Waals surface area contributed by atoms with E-state index in [1.54, 1.807) is 6.20 Å². The summed E-state index contributed by atoms with van der Waals surface area (Å²) in [7, 11) is 0. The zero-order chi connectivity index (χ0) is 15.4. The monoisotopic (exact) mass is 287 g/mol. The lowest BCUT2D eigenvalue weighted by atomic mass is 10.0. The second-order valence-electron chi connectivity index (χ2n) is 5.69. The van der Waals surface area contributed by atoms with E-state index in [0.29, 0.717) is 12.5 Å². The van der Waals surface area contributed by atoms with Crippen LogP contribution in [0.2, 0.25) is 0 Å². The van der Waals surface area contributed by atoms with Crippen LogP contribution in [-0.2, 0) is 6.42 Å². The third-order valence-corrected chi connectivity index (χ3v) is 3.95. The molecule has 4 heteroatoms. The summed E-state index contributed by atoms with van der Waals surface area (Å²) in [5.74, 6) is 0. The average molecular weight is 287 g/mol. The summed E-state index contributed by atoms with van der Waals surface area (Å²) in [5.41, 5.74) is 3.80. The van der Waals surface area contributed by atoms with Gasteiger partial charge in [0.2, 0.25) is 0 Å². The van der Waals surface area contributed by atoms with Gasteiger partial charge in [-0.3, -0.25) is 9.67 Å². The standard InChI is InChI=1S/C17H25N3O/c1-5-15(6-2)20-8-7-14(19-20)10-16(21)17-13(4)9-12(3)11-18-17/h7-9,11,15-16,21H,5-6,10H2,1-4H3. The van der Waals surface area contributed by atoms with Crippen LogP contribution >= 0.6 is 0 Å². The maximum atomic E-state index is 10.4. The molecule has 2 aromatic rings. The lowest BCUT2D eigenvalue weighted by molar-refractivity contribution is 0.171. The number of hydrogen-bond acceptors (Lipinski definition) is 3. The Kier molecular flexibility index (Phi) is 5.12. The maximum Gasteiger partial charge on any atom is 0.102 e. The normalized spacial score (nSPS) is 12.9. The first kappa shape index (κ1) is 15.7. The van der Waals surface area contributed by atoms with Crippen LogP contribution in [0.15, 0.2) is 24.5 Å². The molecule has 2 rings (SSSR count). The van der Waals surface area contributed by atoms with Gasteiger partial charge in [0.05, 0.1) is 17.4 Å². The second kappa shape index (κ2) is 6.85. The Labute approximate surface area is 126 Å². The summed E-state index contributed by atoms with van der Waals surface area (Å²) in [6, 6.07) is 4.48. The van der Waals surface area contributed by atoms with Gasteiger partial charge in [-0.2, -0.15) is 5.10 Å². The number of hydrogen-bond donors (Lipinski definition) is 1. The molecule has 0 saturated carbocycles. The molecule has 2 aromatic heterocycles. The number of aryl methyl sites for hydroxylation is 2. The third-order valence-electron chi connectivity index (χ3n) is 3.95. The van der Waals surface area contributed by atoms with Gasteiger partial charge in [0.15, 0.2) is 0 Å². The molecule has 0 aromatic carbocycles. The van der Waals surface area contributed by atoms with E-state index in [0.717, 1.165) is 35.4 Å². The van der Waals surface area contributed by atoms with Crippen molar-refractivity contribution in [3.05, 3.63) is 47.0 Å². The SMILES string of the molecule is CCC(CC)n1ccc(CC(O)c2ncc(C)cc2C)n1. The number of rotatable bonds is 6. The van der Waals surface area contributed by atoms with Crippen molar-refractivity contribution in [3.8, 4) is 0 Å². The first-order chi connectivity index (χ1) is 10.0. The molecular weight excluding hydrogens is 262 g/mol. The van der Waals surface area contributed by atoms with E-state index in [-0.39, 0.29) is 0 Å². The summed E-state index contributed by atoms with van der Waals surface area (Å²) in [5, 5.41) is 15.0. The Hall–Kier alpha value is -1.68. The first-order valence-corrected chi connectivity index (χ1v) is 7.70. The van der Waals surface area contributed by atoms with Crippen LogP contribution in [0.5, 0.6) is 0 Å². The van der Waals surface area contributed by atoms with Crippen molar-refractivity contribution in [1.29, 1.82) is 0 Å². The fraction of sp³-hybridized carbons (Fsp3) is 0.529. The fourth-order valence-electron chi connectivity index (χ4n) is 2.72. The highest BCUT2D eigenvalue weighted by molar-refractivity contribution is 5.25. The highest BCUT2D eigenvalue weighted by Gasteiger charge is 2.15. The molecule has 0 aliphatic rings.